The molecule has 2 atom stereocenters. The number of likely N-dealkylation sites (N-methyl/N-ethyl adjacent to an activating group) is 1. The smallest absolute Gasteiger partial charge is 0.263 e. The van der Waals surface area contributed by atoms with Crippen LogP contribution >= 0.6 is 0 Å². The molecule has 118 valence electrons. The highest BCUT2D eigenvalue weighted by Gasteiger charge is 2.23. The van der Waals surface area contributed by atoms with Gasteiger partial charge in [0.05, 0.1) is 0 Å². The SMILES string of the molecule is Cc1ccc(C(C)C)cc1OC(C)C(=O)N(C)C(C)CN. The molecule has 0 spiro atoms. The number of amides is 1. The first-order valence-corrected chi connectivity index (χ1v) is 7.51. The van der Waals surface area contributed by atoms with Crippen molar-refractivity contribution in [1.82, 2.24) is 4.90 Å². The van der Waals surface area contributed by atoms with Crippen LogP contribution in [0.3, 0.4) is 0 Å². The van der Waals surface area contributed by atoms with Gasteiger partial charge in [-0.05, 0) is 43.9 Å². The lowest BCUT2D eigenvalue weighted by molar-refractivity contribution is -0.138. The molecule has 2 unspecified atom stereocenters. The van der Waals surface area contributed by atoms with Gasteiger partial charge < -0.3 is 15.4 Å². The van der Waals surface area contributed by atoms with Crippen LogP contribution < -0.4 is 10.5 Å². The maximum atomic E-state index is 12.3. The summed E-state index contributed by atoms with van der Waals surface area (Å²) >= 11 is 0. The van der Waals surface area contributed by atoms with E-state index in [9.17, 15) is 4.79 Å². The van der Waals surface area contributed by atoms with Gasteiger partial charge in [-0.1, -0.05) is 26.0 Å². The Kier molecular flexibility index (Phi) is 6.21. The molecule has 0 fully saturated rings. The minimum absolute atomic E-state index is 0.00615. The molecule has 0 saturated heterocycles. The van der Waals surface area contributed by atoms with Crippen LogP contribution in [0.1, 0.15) is 44.7 Å². The van der Waals surface area contributed by atoms with E-state index in [0.717, 1.165) is 11.3 Å². The average Bonchev–Trinajstić information content (AvgIpc) is 2.46. The lowest BCUT2D eigenvalue weighted by Crippen LogP contribution is -2.45. The third kappa shape index (κ3) is 4.46. The zero-order valence-corrected chi connectivity index (χ0v) is 14.0. The summed E-state index contributed by atoms with van der Waals surface area (Å²) in [5.41, 5.74) is 7.85. The van der Waals surface area contributed by atoms with Gasteiger partial charge in [-0.2, -0.15) is 0 Å². The fourth-order valence-corrected chi connectivity index (χ4v) is 2.01. The van der Waals surface area contributed by atoms with Crippen LogP contribution in [0.25, 0.3) is 0 Å². The quantitative estimate of drug-likeness (QED) is 0.877. The van der Waals surface area contributed by atoms with Crippen molar-refractivity contribution in [3.05, 3.63) is 29.3 Å². The molecule has 0 heterocycles. The van der Waals surface area contributed by atoms with Gasteiger partial charge in [-0.3, -0.25) is 4.79 Å². The fraction of sp³-hybridized carbons (Fsp3) is 0.588. The lowest BCUT2D eigenvalue weighted by atomic mass is 10.0. The van der Waals surface area contributed by atoms with Crippen molar-refractivity contribution in [2.45, 2.75) is 52.7 Å². The Morgan fingerprint density at radius 1 is 1.29 bits per heavy atom. The maximum absolute atomic E-state index is 12.3. The molecule has 4 heteroatoms. The van der Waals surface area contributed by atoms with Crippen molar-refractivity contribution in [2.75, 3.05) is 13.6 Å². The Hall–Kier alpha value is -1.55. The minimum Gasteiger partial charge on any atom is -0.481 e. The van der Waals surface area contributed by atoms with Crippen LogP contribution in [0, 0.1) is 6.92 Å². The summed E-state index contributed by atoms with van der Waals surface area (Å²) in [7, 11) is 1.76. The van der Waals surface area contributed by atoms with E-state index in [1.807, 2.05) is 26.0 Å². The van der Waals surface area contributed by atoms with Gasteiger partial charge in [0.2, 0.25) is 0 Å². The molecular weight excluding hydrogens is 264 g/mol. The molecule has 0 bridgehead atoms. The number of nitrogens with zero attached hydrogens (tertiary/aromatic N) is 1. The van der Waals surface area contributed by atoms with Crippen LogP contribution in [-0.4, -0.2) is 36.5 Å². The normalized spacial score (nSPS) is 13.9. The van der Waals surface area contributed by atoms with Gasteiger partial charge in [0, 0.05) is 19.6 Å². The van der Waals surface area contributed by atoms with E-state index in [-0.39, 0.29) is 11.9 Å². The number of carbonyl (C=O) groups excluding carboxylic acids is 1. The summed E-state index contributed by atoms with van der Waals surface area (Å²) in [4.78, 5) is 14.0. The second kappa shape index (κ2) is 7.46. The number of rotatable bonds is 6. The predicted molar refractivity (Wildman–Crippen MR) is 86.6 cm³/mol. The first-order chi connectivity index (χ1) is 9.77. The highest BCUT2D eigenvalue weighted by Crippen LogP contribution is 2.25. The number of hydrogen-bond donors (Lipinski definition) is 1. The molecule has 1 rings (SSSR count). The van der Waals surface area contributed by atoms with Crippen molar-refractivity contribution in [1.29, 1.82) is 0 Å². The molecule has 0 aliphatic carbocycles. The van der Waals surface area contributed by atoms with Gasteiger partial charge in [0.25, 0.3) is 5.91 Å². The number of nitrogens with two attached hydrogens (primary N) is 1. The standard InChI is InChI=1S/C17H28N2O2/c1-11(2)15-8-7-12(3)16(9-15)21-14(5)17(20)19(6)13(4)10-18/h7-9,11,13-14H,10,18H2,1-6H3. The summed E-state index contributed by atoms with van der Waals surface area (Å²) in [6.07, 6.45) is -0.523. The van der Waals surface area contributed by atoms with E-state index in [1.165, 1.54) is 5.56 Å². The van der Waals surface area contributed by atoms with Crippen LogP contribution in [-0.2, 0) is 4.79 Å². The first kappa shape index (κ1) is 17.5. The summed E-state index contributed by atoms with van der Waals surface area (Å²) in [5.74, 6) is 1.15. The number of carbonyl (C=O) groups is 1. The van der Waals surface area contributed by atoms with Gasteiger partial charge in [-0.15, -0.1) is 0 Å². The summed E-state index contributed by atoms with van der Waals surface area (Å²) < 4.78 is 5.88. The Morgan fingerprint density at radius 2 is 1.90 bits per heavy atom. The van der Waals surface area contributed by atoms with Crippen molar-refractivity contribution in [3.8, 4) is 5.75 Å². The number of benzene rings is 1. The molecule has 1 aromatic rings. The van der Waals surface area contributed by atoms with Crippen molar-refractivity contribution in [2.24, 2.45) is 5.73 Å². The van der Waals surface area contributed by atoms with Crippen molar-refractivity contribution < 1.29 is 9.53 Å². The highest BCUT2D eigenvalue weighted by molar-refractivity contribution is 5.81. The third-order valence-corrected chi connectivity index (χ3v) is 3.88. The Balaban J connectivity index is 2.85. The summed E-state index contributed by atoms with van der Waals surface area (Å²) in [5, 5.41) is 0. The number of aryl methyl sites for hydroxylation is 1. The Morgan fingerprint density at radius 3 is 2.43 bits per heavy atom. The Bertz CT molecular complexity index is 486. The molecule has 0 aromatic heterocycles. The molecule has 0 radical (unpaired) electrons. The van der Waals surface area contributed by atoms with E-state index < -0.39 is 6.10 Å². The summed E-state index contributed by atoms with van der Waals surface area (Å²) in [6.45, 7) is 10.4. The van der Waals surface area contributed by atoms with Crippen molar-refractivity contribution in [3.63, 3.8) is 0 Å². The van der Waals surface area contributed by atoms with Crippen LogP contribution in [0.2, 0.25) is 0 Å². The van der Waals surface area contributed by atoms with Crippen LogP contribution in [0.4, 0.5) is 0 Å². The molecule has 0 saturated carbocycles. The zero-order chi connectivity index (χ0) is 16.2. The van der Waals surface area contributed by atoms with Gasteiger partial charge in [0.1, 0.15) is 5.75 Å². The molecule has 2 N–H and O–H groups in total. The fourth-order valence-electron chi connectivity index (χ4n) is 2.01. The molecule has 4 nitrogen and oxygen atoms in total. The van der Waals surface area contributed by atoms with E-state index >= 15 is 0 Å². The zero-order valence-electron chi connectivity index (χ0n) is 14.0. The lowest BCUT2D eigenvalue weighted by Gasteiger charge is -2.27. The first-order valence-electron chi connectivity index (χ1n) is 7.51. The van der Waals surface area contributed by atoms with Gasteiger partial charge >= 0.3 is 0 Å². The molecule has 1 amide bonds. The largest absolute Gasteiger partial charge is 0.481 e. The molecule has 21 heavy (non-hydrogen) atoms. The predicted octanol–water partition coefficient (Wildman–Crippen LogP) is 2.69. The third-order valence-electron chi connectivity index (χ3n) is 3.88. The van der Waals surface area contributed by atoms with E-state index in [1.54, 1.807) is 18.9 Å². The number of hydrogen-bond acceptors (Lipinski definition) is 3. The van der Waals surface area contributed by atoms with E-state index in [4.69, 9.17) is 10.5 Å². The van der Waals surface area contributed by atoms with Gasteiger partial charge in [0.15, 0.2) is 6.10 Å². The topological polar surface area (TPSA) is 55.6 Å². The molecule has 0 aliphatic rings. The number of ether oxygens (including phenoxy) is 1. The van der Waals surface area contributed by atoms with E-state index in [2.05, 4.69) is 19.9 Å². The molecular formula is C17H28N2O2. The maximum Gasteiger partial charge on any atom is 0.263 e. The van der Waals surface area contributed by atoms with E-state index in [0.29, 0.717) is 12.5 Å². The minimum atomic E-state index is -0.523. The second-order valence-electron chi connectivity index (χ2n) is 5.97. The molecule has 1 aromatic carbocycles. The van der Waals surface area contributed by atoms with Crippen LogP contribution in [0.5, 0.6) is 5.75 Å². The monoisotopic (exact) mass is 292 g/mol. The highest BCUT2D eigenvalue weighted by atomic mass is 16.5. The summed E-state index contributed by atoms with van der Waals surface area (Å²) in [6, 6.07) is 6.17. The molecule has 0 aliphatic heterocycles. The average molecular weight is 292 g/mol. The van der Waals surface area contributed by atoms with Crippen molar-refractivity contribution >= 4 is 5.91 Å². The Labute approximate surface area is 128 Å². The van der Waals surface area contributed by atoms with Crippen LogP contribution in [0.15, 0.2) is 18.2 Å². The van der Waals surface area contributed by atoms with Gasteiger partial charge in [-0.25, -0.2) is 0 Å². The second-order valence-corrected chi connectivity index (χ2v) is 5.97.